The molecule has 0 amide bonds. The van der Waals surface area contributed by atoms with Crippen molar-refractivity contribution in [2.45, 2.75) is 0 Å². The molecule has 0 saturated carbocycles. The predicted molar refractivity (Wildman–Crippen MR) is 67.5 cm³/mol. The Bertz CT molecular complexity index is 539. The molecule has 0 aliphatic carbocycles. The number of hydrogen-bond donors (Lipinski definition) is 1. The molecule has 1 saturated heterocycles. The number of anilines is 1. The van der Waals surface area contributed by atoms with Crippen LogP contribution >= 0.6 is 23.8 Å². The van der Waals surface area contributed by atoms with Crippen molar-refractivity contribution in [3.8, 4) is 0 Å². The fourth-order valence-electron chi connectivity index (χ4n) is 1.62. The first-order chi connectivity index (χ1) is 7.49. The van der Waals surface area contributed by atoms with Crippen LogP contribution in [0.2, 0.25) is 5.02 Å². The molecule has 1 aromatic rings. The van der Waals surface area contributed by atoms with Crippen LogP contribution < -0.4 is 4.90 Å². The van der Waals surface area contributed by atoms with Gasteiger partial charge in [0.15, 0.2) is 9.84 Å². The zero-order valence-electron chi connectivity index (χ0n) is 8.44. The normalized spacial score (nSPS) is 19.7. The second-order valence-corrected chi connectivity index (χ2v) is 6.76. The summed E-state index contributed by atoms with van der Waals surface area (Å²) in [6, 6.07) is 1.71. The highest BCUT2D eigenvalue weighted by Crippen LogP contribution is 2.25. The molecule has 2 rings (SSSR count). The number of rotatable bonds is 1. The first-order valence-electron chi connectivity index (χ1n) is 4.82. The van der Waals surface area contributed by atoms with Crippen LogP contribution in [0.5, 0.6) is 0 Å². The third-order valence-electron chi connectivity index (χ3n) is 2.54. The molecule has 1 aromatic heterocycles. The van der Waals surface area contributed by atoms with E-state index in [1.807, 2.05) is 4.90 Å². The molecule has 1 N–H and O–H groups in total. The van der Waals surface area contributed by atoms with E-state index in [9.17, 15) is 8.42 Å². The topological polar surface area (TPSA) is 53.2 Å². The average Bonchev–Trinajstić information content (AvgIpc) is 2.23. The maximum absolute atomic E-state index is 11.3. The zero-order chi connectivity index (χ0) is 11.8. The van der Waals surface area contributed by atoms with Crippen LogP contribution in [0.3, 0.4) is 0 Å². The second-order valence-electron chi connectivity index (χ2n) is 3.64. The van der Waals surface area contributed by atoms with Gasteiger partial charge in [0.05, 0.1) is 21.0 Å². The monoisotopic (exact) mass is 278 g/mol. The molecule has 16 heavy (non-hydrogen) atoms. The van der Waals surface area contributed by atoms with Crippen LogP contribution in [0.4, 0.5) is 5.82 Å². The maximum Gasteiger partial charge on any atom is 0.153 e. The highest BCUT2D eigenvalue weighted by Gasteiger charge is 2.23. The van der Waals surface area contributed by atoms with E-state index in [2.05, 4.69) is 4.98 Å². The van der Waals surface area contributed by atoms with Gasteiger partial charge >= 0.3 is 0 Å². The number of pyridine rings is 1. The van der Waals surface area contributed by atoms with Crippen molar-refractivity contribution in [1.29, 1.82) is 0 Å². The number of nitrogens with zero attached hydrogens (tertiary/aromatic N) is 1. The molecule has 0 bridgehead atoms. The van der Waals surface area contributed by atoms with Crippen molar-refractivity contribution < 1.29 is 8.42 Å². The molecule has 0 spiro atoms. The third-order valence-corrected chi connectivity index (χ3v) is 4.98. The number of aromatic nitrogens is 1. The minimum Gasteiger partial charge on any atom is -0.355 e. The summed E-state index contributed by atoms with van der Waals surface area (Å²) in [5.74, 6) is 1.04. The average molecular weight is 279 g/mol. The fraction of sp³-hybridized carbons (Fsp3) is 0.444. The first-order valence-corrected chi connectivity index (χ1v) is 7.43. The highest BCUT2D eigenvalue weighted by molar-refractivity contribution is 7.91. The number of nitrogens with one attached hydrogen (secondary N) is 1. The predicted octanol–water partition coefficient (Wildman–Crippen LogP) is 1.63. The Balaban J connectivity index is 2.27. The molecule has 1 aliphatic rings. The summed E-state index contributed by atoms with van der Waals surface area (Å²) in [6.45, 7) is 0.911. The van der Waals surface area contributed by atoms with Crippen molar-refractivity contribution in [1.82, 2.24) is 4.98 Å². The zero-order valence-corrected chi connectivity index (χ0v) is 10.8. The number of hydrogen-bond acceptors (Lipinski definition) is 4. The van der Waals surface area contributed by atoms with Gasteiger partial charge in [-0.2, -0.15) is 0 Å². The van der Waals surface area contributed by atoms with Crippen molar-refractivity contribution >= 4 is 39.5 Å². The smallest absolute Gasteiger partial charge is 0.153 e. The second kappa shape index (κ2) is 4.35. The van der Waals surface area contributed by atoms with Gasteiger partial charge in [0.25, 0.3) is 0 Å². The Hall–Kier alpha value is -0.590. The van der Waals surface area contributed by atoms with Crippen LogP contribution in [-0.2, 0) is 9.84 Å². The molecular formula is C9H11ClN2O2S2. The Morgan fingerprint density at radius 2 is 2.00 bits per heavy atom. The Morgan fingerprint density at radius 1 is 1.38 bits per heavy atom. The SMILES string of the molecule is O=S1(=O)CCN(c2[nH]ccc(=S)c2Cl)CC1. The lowest BCUT2D eigenvalue weighted by molar-refractivity contribution is 0.586. The summed E-state index contributed by atoms with van der Waals surface area (Å²) in [4.78, 5) is 4.92. The van der Waals surface area contributed by atoms with Gasteiger partial charge in [-0.15, -0.1) is 0 Å². The standard InChI is InChI=1S/C9H11ClN2O2S2/c10-8-7(15)1-2-11-9(8)12-3-5-16(13,14)6-4-12/h1-2H,3-6H2,(H,11,15). The van der Waals surface area contributed by atoms with Gasteiger partial charge in [-0.1, -0.05) is 23.8 Å². The van der Waals surface area contributed by atoms with Gasteiger partial charge in [0.2, 0.25) is 0 Å². The van der Waals surface area contributed by atoms with Crippen LogP contribution in [-0.4, -0.2) is 38.0 Å². The third kappa shape index (κ3) is 2.39. The highest BCUT2D eigenvalue weighted by atomic mass is 35.5. The summed E-state index contributed by atoms with van der Waals surface area (Å²) >= 11 is 11.1. The molecule has 88 valence electrons. The van der Waals surface area contributed by atoms with Crippen LogP contribution in [0.15, 0.2) is 12.3 Å². The van der Waals surface area contributed by atoms with Crippen LogP contribution in [0.1, 0.15) is 0 Å². The molecule has 2 heterocycles. The van der Waals surface area contributed by atoms with E-state index in [1.165, 1.54) is 0 Å². The summed E-state index contributed by atoms with van der Waals surface area (Å²) < 4.78 is 23.2. The van der Waals surface area contributed by atoms with Crippen molar-refractivity contribution in [3.05, 3.63) is 21.8 Å². The van der Waals surface area contributed by atoms with Crippen LogP contribution in [0.25, 0.3) is 0 Å². The summed E-state index contributed by atoms with van der Waals surface area (Å²) in [5, 5.41) is 0.483. The fourth-order valence-corrected chi connectivity index (χ4v) is 3.22. The number of halogens is 1. The largest absolute Gasteiger partial charge is 0.355 e. The van der Waals surface area contributed by atoms with E-state index in [1.54, 1.807) is 12.3 Å². The Labute approximate surface area is 104 Å². The lowest BCUT2D eigenvalue weighted by Gasteiger charge is -2.28. The summed E-state index contributed by atoms with van der Waals surface area (Å²) in [7, 11) is -2.87. The number of sulfone groups is 1. The van der Waals surface area contributed by atoms with Gasteiger partial charge in [-0.05, 0) is 6.07 Å². The van der Waals surface area contributed by atoms with E-state index in [0.29, 0.717) is 28.4 Å². The van der Waals surface area contributed by atoms with Crippen molar-refractivity contribution in [2.24, 2.45) is 0 Å². The van der Waals surface area contributed by atoms with Crippen molar-refractivity contribution in [2.75, 3.05) is 29.5 Å². The first kappa shape index (κ1) is 11.9. The molecule has 0 radical (unpaired) electrons. The lowest BCUT2D eigenvalue weighted by atomic mass is 10.4. The molecule has 0 atom stereocenters. The van der Waals surface area contributed by atoms with Gasteiger partial charge < -0.3 is 9.88 Å². The summed E-state index contributed by atoms with van der Waals surface area (Å²) in [5.41, 5.74) is 0. The molecule has 0 aromatic carbocycles. The molecule has 1 aliphatic heterocycles. The van der Waals surface area contributed by atoms with Crippen molar-refractivity contribution in [3.63, 3.8) is 0 Å². The van der Waals surface area contributed by atoms with Gasteiger partial charge in [-0.25, -0.2) is 8.42 Å². The Kier molecular flexibility index (Phi) is 3.23. The molecule has 0 unspecified atom stereocenters. The summed E-state index contributed by atoms with van der Waals surface area (Å²) in [6.07, 6.45) is 1.71. The molecule has 4 nitrogen and oxygen atoms in total. The number of aromatic amines is 1. The molecule has 1 fully saturated rings. The quantitative estimate of drug-likeness (QED) is 0.794. The van der Waals surface area contributed by atoms with Gasteiger partial charge in [-0.3, -0.25) is 0 Å². The van der Waals surface area contributed by atoms with E-state index < -0.39 is 9.84 Å². The van der Waals surface area contributed by atoms with Crippen LogP contribution in [0, 0.1) is 4.51 Å². The van der Waals surface area contributed by atoms with E-state index in [4.69, 9.17) is 23.8 Å². The minimum absolute atomic E-state index is 0.166. The minimum atomic E-state index is -2.87. The van der Waals surface area contributed by atoms with Gasteiger partial charge in [0.1, 0.15) is 5.82 Å². The lowest BCUT2D eigenvalue weighted by Crippen LogP contribution is -2.40. The molecule has 7 heteroatoms. The Morgan fingerprint density at radius 3 is 2.62 bits per heavy atom. The van der Waals surface area contributed by atoms with E-state index in [-0.39, 0.29) is 11.5 Å². The van der Waals surface area contributed by atoms with Gasteiger partial charge in [0, 0.05) is 19.3 Å². The molecular weight excluding hydrogens is 268 g/mol. The number of H-pyrrole nitrogens is 1. The van der Waals surface area contributed by atoms with E-state index >= 15 is 0 Å². The van der Waals surface area contributed by atoms with E-state index in [0.717, 1.165) is 0 Å². The maximum atomic E-state index is 11.3.